The average molecular weight is 365 g/mol. The molecular formula is C18H25ClN4O2. The summed E-state index contributed by atoms with van der Waals surface area (Å²) in [5.74, 6) is 1.39. The molecule has 6 nitrogen and oxygen atoms in total. The van der Waals surface area contributed by atoms with Crippen molar-refractivity contribution in [3.63, 3.8) is 0 Å². The molecule has 1 aromatic carbocycles. The van der Waals surface area contributed by atoms with Crippen LogP contribution in [0.4, 0.5) is 0 Å². The van der Waals surface area contributed by atoms with E-state index in [1.165, 1.54) is 0 Å². The third-order valence-electron chi connectivity index (χ3n) is 4.72. The smallest absolute Gasteiger partial charge is 0.248 e. The Morgan fingerprint density at radius 1 is 1.36 bits per heavy atom. The molecule has 136 valence electrons. The van der Waals surface area contributed by atoms with Gasteiger partial charge in [-0.1, -0.05) is 41.9 Å². The third kappa shape index (κ3) is 4.80. The van der Waals surface area contributed by atoms with E-state index < -0.39 is 0 Å². The second kappa shape index (κ2) is 8.97. The van der Waals surface area contributed by atoms with Crippen LogP contribution in [0.2, 0.25) is 0 Å². The zero-order chi connectivity index (χ0) is 16.9. The van der Waals surface area contributed by atoms with Crippen molar-refractivity contribution in [3.05, 3.63) is 47.6 Å². The van der Waals surface area contributed by atoms with Crippen LogP contribution >= 0.6 is 12.4 Å². The molecule has 0 spiro atoms. The SMILES string of the molecule is CC(NC(=O)[C@@H]1CCC[C@@H]1CN)c1nc(Cc2ccccc2)no1.Cl. The Hall–Kier alpha value is -1.92. The molecule has 1 heterocycles. The van der Waals surface area contributed by atoms with E-state index >= 15 is 0 Å². The number of nitrogens with zero attached hydrogens (tertiary/aromatic N) is 2. The monoisotopic (exact) mass is 364 g/mol. The van der Waals surface area contributed by atoms with Crippen LogP contribution in [0.15, 0.2) is 34.9 Å². The molecule has 2 aromatic rings. The van der Waals surface area contributed by atoms with Gasteiger partial charge in [0, 0.05) is 12.3 Å². The highest BCUT2D eigenvalue weighted by Gasteiger charge is 2.33. The molecule has 1 unspecified atom stereocenters. The van der Waals surface area contributed by atoms with E-state index in [1.807, 2.05) is 37.3 Å². The predicted octanol–water partition coefficient (Wildman–Crippen LogP) is 2.63. The lowest BCUT2D eigenvalue weighted by atomic mass is 9.95. The molecular weight excluding hydrogens is 340 g/mol. The number of hydrogen-bond donors (Lipinski definition) is 2. The molecule has 7 heteroatoms. The Balaban J connectivity index is 0.00000225. The summed E-state index contributed by atoms with van der Waals surface area (Å²) in [5, 5.41) is 7.00. The number of hydrogen-bond acceptors (Lipinski definition) is 5. The summed E-state index contributed by atoms with van der Waals surface area (Å²) in [7, 11) is 0. The second-order valence-corrected chi connectivity index (χ2v) is 6.47. The van der Waals surface area contributed by atoms with Crippen LogP contribution in [0.5, 0.6) is 0 Å². The minimum Gasteiger partial charge on any atom is -0.344 e. The number of carbonyl (C=O) groups is 1. The summed E-state index contributed by atoms with van der Waals surface area (Å²) < 4.78 is 5.31. The Bertz CT molecular complexity index is 677. The normalized spacial score (nSPS) is 20.7. The molecule has 3 rings (SSSR count). The minimum atomic E-state index is -0.298. The maximum absolute atomic E-state index is 12.4. The molecule has 0 saturated heterocycles. The highest BCUT2D eigenvalue weighted by Crippen LogP contribution is 2.31. The van der Waals surface area contributed by atoms with Crippen molar-refractivity contribution in [2.75, 3.05) is 6.54 Å². The van der Waals surface area contributed by atoms with Crippen molar-refractivity contribution in [2.45, 2.75) is 38.6 Å². The van der Waals surface area contributed by atoms with Crippen LogP contribution in [-0.2, 0) is 11.2 Å². The van der Waals surface area contributed by atoms with Gasteiger partial charge in [0.1, 0.15) is 6.04 Å². The molecule has 1 fully saturated rings. The lowest BCUT2D eigenvalue weighted by molar-refractivity contribution is -0.126. The average Bonchev–Trinajstić information content (AvgIpc) is 3.24. The Labute approximate surface area is 154 Å². The minimum absolute atomic E-state index is 0. The quantitative estimate of drug-likeness (QED) is 0.821. The van der Waals surface area contributed by atoms with Crippen LogP contribution in [0.25, 0.3) is 0 Å². The highest BCUT2D eigenvalue weighted by molar-refractivity contribution is 5.85. The fraction of sp³-hybridized carbons (Fsp3) is 0.500. The summed E-state index contributed by atoms with van der Waals surface area (Å²) in [6, 6.07) is 9.68. The van der Waals surface area contributed by atoms with E-state index in [1.54, 1.807) is 0 Å². The van der Waals surface area contributed by atoms with Crippen LogP contribution in [0, 0.1) is 11.8 Å². The summed E-state index contributed by atoms with van der Waals surface area (Å²) in [6.07, 6.45) is 3.62. The molecule has 1 saturated carbocycles. The van der Waals surface area contributed by atoms with E-state index in [0.717, 1.165) is 24.8 Å². The standard InChI is InChI=1S/C18H24N4O2.ClH/c1-12(20-17(23)15-9-5-8-14(15)11-19)18-21-16(22-24-18)10-13-6-3-2-4-7-13;/h2-4,6-7,12,14-15H,5,8-11,19H2,1H3,(H,20,23);1H/t12?,14-,15-;/m1./s1. The first-order valence-electron chi connectivity index (χ1n) is 8.54. The first-order valence-corrected chi connectivity index (χ1v) is 8.54. The van der Waals surface area contributed by atoms with Gasteiger partial charge in [-0.05, 0) is 37.8 Å². The van der Waals surface area contributed by atoms with Crippen molar-refractivity contribution in [3.8, 4) is 0 Å². The maximum Gasteiger partial charge on any atom is 0.248 e. The van der Waals surface area contributed by atoms with Gasteiger partial charge in [-0.15, -0.1) is 12.4 Å². The molecule has 1 aliphatic rings. The van der Waals surface area contributed by atoms with Crippen LogP contribution in [-0.4, -0.2) is 22.6 Å². The summed E-state index contributed by atoms with van der Waals surface area (Å²) in [5.41, 5.74) is 6.88. The van der Waals surface area contributed by atoms with Gasteiger partial charge in [0.15, 0.2) is 5.82 Å². The van der Waals surface area contributed by atoms with Crippen LogP contribution in [0.3, 0.4) is 0 Å². The maximum atomic E-state index is 12.4. The molecule has 1 aromatic heterocycles. The number of rotatable bonds is 6. The van der Waals surface area contributed by atoms with E-state index in [-0.39, 0.29) is 36.2 Å². The van der Waals surface area contributed by atoms with E-state index in [2.05, 4.69) is 15.5 Å². The number of nitrogens with two attached hydrogens (primary N) is 1. The first kappa shape index (κ1) is 19.4. The Morgan fingerprint density at radius 2 is 2.12 bits per heavy atom. The summed E-state index contributed by atoms with van der Waals surface area (Å²) >= 11 is 0. The summed E-state index contributed by atoms with van der Waals surface area (Å²) in [6.45, 7) is 2.43. The number of carbonyl (C=O) groups excluding carboxylic acids is 1. The second-order valence-electron chi connectivity index (χ2n) is 6.47. The molecule has 0 radical (unpaired) electrons. The Kier molecular flexibility index (Phi) is 6.96. The predicted molar refractivity (Wildman–Crippen MR) is 97.2 cm³/mol. The van der Waals surface area contributed by atoms with Gasteiger partial charge in [-0.25, -0.2) is 0 Å². The van der Waals surface area contributed by atoms with Gasteiger partial charge in [0.05, 0.1) is 0 Å². The number of aromatic nitrogens is 2. The van der Waals surface area contributed by atoms with Gasteiger partial charge < -0.3 is 15.6 Å². The molecule has 0 aliphatic heterocycles. The van der Waals surface area contributed by atoms with Crippen LogP contribution < -0.4 is 11.1 Å². The van der Waals surface area contributed by atoms with E-state index in [9.17, 15) is 4.79 Å². The van der Waals surface area contributed by atoms with Crippen molar-refractivity contribution in [2.24, 2.45) is 17.6 Å². The van der Waals surface area contributed by atoms with Crippen molar-refractivity contribution in [1.82, 2.24) is 15.5 Å². The zero-order valence-electron chi connectivity index (χ0n) is 14.4. The number of halogens is 1. The molecule has 1 aliphatic carbocycles. The van der Waals surface area contributed by atoms with Crippen molar-refractivity contribution < 1.29 is 9.32 Å². The lowest BCUT2D eigenvalue weighted by Crippen LogP contribution is -2.36. The third-order valence-corrected chi connectivity index (χ3v) is 4.72. The highest BCUT2D eigenvalue weighted by atomic mass is 35.5. The number of benzene rings is 1. The largest absolute Gasteiger partial charge is 0.344 e. The van der Waals surface area contributed by atoms with Crippen LogP contribution in [0.1, 0.15) is 49.5 Å². The van der Waals surface area contributed by atoms with E-state index in [0.29, 0.717) is 24.7 Å². The van der Waals surface area contributed by atoms with Gasteiger partial charge >= 0.3 is 0 Å². The molecule has 1 amide bonds. The molecule has 3 N–H and O–H groups in total. The Morgan fingerprint density at radius 3 is 2.84 bits per heavy atom. The fourth-order valence-electron chi connectivity index (χ4n) is 3.34. The lowest BCUT2D eigenvalue weighted by Gasteiger charge is -2.19. The van der Waals surface area contributed by atoms with Gasteiger partial charge in [-0.2, -0.15) is 4.98 Å². The number of amides is 1. The first-order chi connectivity index (χ1) is 11.7. The summed E-state index contributed by atoms with van der Waals surface area (Å²) in [4.78, 5) is 16.8. The fourth-order valence-corrected chi connectivity index (χ4v) is 3.34. The zero-order valence-corrected chi connectivity index (χ0v) is 15.2. The van der Waals surface area contributed by atoms with E-state index in [4.69, 9.17) is 10.3 Å². The van der Waals surface area contributed by atoms with Crippen molar-refractivity contribution in [1.29, 1.82) is 0 Å². The van der Waals surface area contributed by atoms with Gasteiger partial charge in [-0.3, -0.25) is 4.79 Å². The number of nitrogens with one attached hydrogen (secondary N) is 1. The van der Waals surface area contributed by atoms with Gasteiger partial charge in [0.25, 0.3) is 0 Å². The van der Waals surface area contributed by atoms with Crippen molar-refractivity contribution >= 4 is 18.3 Å². The molecule has 3 atom stereocenters. The molecule has 0 bridgehead atoms. The molecule has 25 heavy (non-hydrogen) atoms. The topological polar surface area (TPSA) is 94.0 Å². The van der Waals surface area contributed by atoms with Gasteiger partial charge in [0.2, 0.25) is 11.8 Å².